The van der Waals surface area contributed by atoms with Crippen molar-refractivity contribution in [3.63, 3.8) is 0 Å². The summed E-state index contributed by atoms with van der Waals surface area (Å²) < 4.78 is 0. The van der Waals surface area contributed by atoms with Gasteiger partial charge < -0.3 is 20.4 Å². The Morgan fingerprint density at radius 2 is 2.04 bits per heavy atom. The summed E-state index contributed by atoms with van der Waals surface area (Å²) in [4.78, 5) is 29.6. The summed E-state index contributed by atoms with van der Waals surface area (Å²) >= 11 is 6.11. The highest BCUT2D eigenvalue weighted by atomic mass is 35.5. The van der Waals surface area contributed by atoms with Crippen LogP contribution in [0, 0.1) is 10.1 Å². The fourth-order valence-electron chi connectivity index (χ4n) is 2.71. The molecule has 1 aliphatic rings. The lowest BCUT2D eigenvalue weighted by Crippen LogP contribution is -2.30. The van der Waals surface area contributed by atoms with Crippen molar-refractivity contribution in [3.8, 4) is 0 Å². The Hall–Kier alpha value is -3.13. The molecular weight excluding hydrogens is 360 g/mol. The van der Waals surface area contributed by atoms with Crippen LogP contribution in [0.15, 0.2) is 65.7 Å². The van der Waals surface area contributed by atoms with Gasteiger partial charge in [-0.1, -0.05) is 48.5 Å². The van der Waals surface area contributed by atoms with E-state index in [2.05, 4.69) is 15.3 Å². The number of nitro groups is 1. The molecule has 1 aromatic carbocycles. The van der Waals surface area contributed by atoms with Crippen molar-refractivity contribution in [1.29, 1.82) is 0 Å². The molecule has 0 bridgehead atoms. The lowest BCUT2D eigenvalue weighted by Gasteiger charge is -2.25. The van der Waals surface area contributed by atoms with E-state index in [9.17, 15) is 20.0 Å². The van der Waals surface area contributed by atoms with Crippen LogP contribution < -0.4 is 10.3 Å². The molecule has 26 heavy (non-hydrogen) atoms. The van der Waals surface area contributed by atoms with Gasteiger partial charge in [-0.15, -0.1) is 0 Å². The number of halogens is 1. The first kappa shape index (κ1) is 19.2. The van der Waals surface area contributed by atoms with Gasteiger partial charge in [0.15, 0.2) is 0 Å². The first-order valence-electron chi connectivity index (χ1n) is 7.51. The number of rotatable bonds is 3. The zero-order chi connectivity index (χ0) is 19.3. The largest absolute Gasteiger partial charge is 0.478 e. The smallest absolute Gasteiger partial charge is 0.334 e. The van der Waals surface area contributed by atoms with Crippen LogP contribution >= 0.6 is 11.6 Å². The lowest BCUT2D eigenvalue weighted by atomic mass is 9.84. The predicted octanol–water partition coefficient (Wildman–Crippen LogP) is 2.93. The number of aromatic nitrogens is 2. The Balaban J connectivity index is 0.000000417. The molecule has 0 aliphatic carbocycles. The molecule has 0 saturated carbocycles. The van der Waals surface area contributed by atoms with Crippen molar-refractivity contribution < 1.29 is 14.8 Å². The quantitative estimate of drug-likeness (QED) is 0.625. The van der Waals surface area contributed by atoms with Crippen LogP contribution in [0.5, 0.6) is 0 Å². The van der Waals surface area contributed by atoms with Crippen LogP contribution in [0.25, 0.3) is 0 Å². The number of carbonyl (C=O) groups is 1. The standard InChI is InChI=1S/C14H13ClN2O4.C3H3N2/c1-7-11(14(18)19)12(9-5-3-4-6-10(9)15)13(17(20)21)8(2)16-7;1-2-5-3-4-1/h3-6,12,16H,1-2H3,(H,18,19);1-3H/q;-1. The van der Waals surface area contributed by atoms with Crippen LogP contribution in [0.3, 0.4) is 0 Å². The van der Waals surface area contributed by atoms with Gasteiger partial charge in [0.1, 0.15) is 5.92 Å². The van der Waals surface area contributed by atoms with Crippen LogP contribution in [0.2, 0.25) is 5.02 Å². The maximum absolute atomic E-state index is 11.5. The Bertz CT molecular complexity index is 821. The number of hydrogen-bond acceptors (Lipinski definition) is 5. The fraction of sp³-hybridized carbons (Fsp3) is 0.176. The number of dihydropyridines is 1. The molecular formula is C17H16ClN4O4-. The van der Waals surface area contributed by atoms with Gasteiger partial charge >= 0.3 is 5.97 Å². The van der Waals surface area contributed by atoms with Gasteiger partial charge in [0, 0.05) is 10.7 Å². The highest BCUT2D eigenvalue weighted by Gasteiger charge is 2.40. The van der Waals surface area contributed by atoms with Crippen LogP contribution in [0.1, 0.15) is 25.3 Å². The van der Waals surface area contributed by atoms with Crippen molar-refractivity contribution in [3.05, 3.63) is 86.4 Å². The summed E-state index contributed by atoms with van der Waals surface area (Å²) in [6.07, 6.45) is 4.78. The van der Waals surface area contributed by atoms with E-state index < -0.39 is 16.8 Å². The molecule has 0 saturated heterocycles. The normalized spacial score (nSPS) is 16.5. The van der Waals surface area contributed by atoms with Crippen LogP contribution in [0.4, 0.5) is 0 Å². The summed E-state index contributed by atoms with van der Waals surface area (Å²) in [6, 6.07) is 6.54. The Labute approximate surface area is 154 Å². The minimum absolute atomic E-state index is 0.0691. The molecule has 1 atom stereocenters. The maximum atomic E-state index is 11.5. The molecule has 2 heterocycles. The SMILES string of the molecule is CC1=C(C(=O)O)C(c2ccccc2Cl)C([N+](=O)[O-])=C(C)N1.c1c[n-]cn1. The number of benzene rings is 1. The predicted molar refractivity (Wildman–Crippen MR) is 94.9 cm³/mol. The average molecular weight is 376 g/mol. The van der Waals surface area contributed by atoms with Crippen molar-refractivity contribution in [1.82, 2.24) is 15.3 Å². The number of allylic oxidation sites excluding steroid dienone is 3. The van der Waals surface area contributed by atoms with Gasteiger partial charge in [0.25, 0.3) is 5.70 Å². The second kappa shape index (κ2) is 8.30. The number of nitrogens with one attached hydrogen (secondary N) is 1. The van der Waals surface area contributed by atoms with E-state index in [0.29, 0.717) is 22.0 Å². The Kier molecular flexibility index (Phi) is 6.13. The zero-order valence-electron chi connectivity index (χ0n) is 14.0. The number of nitrogens with zero attached hydrogens (tertiary/aromatic N) is 3. The first-order valence-corrected chi connectivity index (χ1v) is 7.89. The first-order chi connectivity index (χ1) is 12.3. The Morgan fingerprint density at radius 3 is 2.50 bits per heavy atom. The molecule has 1 unspecified atom stereocenters. The van der Waals surface area contributed by atoms with Crippen molar-refractivity contribution in [2.75, 3.05) is 0 Å². The second-order valence-corrected chi connectivity index (χ2v) is 5.81. The van der Waals surface area contributed by atoms with Crippen molar-refractivity contribution >= 4 is 17.6 Å². The van der Waals surface area contributed by atoms with Gasteiger partial charge in [0.05, 0.1) is 16.2 Å². The number of carboxylic acids is 1. The van der Waals surface area contributed by atoms with E-state index in [1.54, 1.807) is 50.5 Å². The van der Waals surface area contributed by atoms with Gasteiger partial charge in [-0.05, 0) is 25.5 Å². The molecule has 0 spiro atoms. The third-order valence-electron chi connectivity index (χ3n) is 3.74. The van der Waals surface area contributed by atoms with E-state index in [0.717, 1.165) is 0 Å². The summed E-state index contributed by atoms with van der Waals surface area (Å²) in [7, 11) is 0. The molecule has 1 aromatic heterocycles. The third kappa shape index (κ3) is 4.09. The van der Waals surface area contributed by atoms with Crippen LogP contribution in [-0.4, -0.2) is 21.0 Å². The third-order valence-corrected chi connectivity index (χ3v) is 4.08. The number of carboxylic acid groups (broad SMARTS) is 1. The molecule has 9 heteroatoms. The molecule has 8 nitrogen and oxygen atoms in total. The summed E-state index contributed by atoms with van der Waals surface area (Å²) in [5, 5.41) is 23.9. The number of imidazole rings is 1. The van der Waals surface area contributed by atoms with E-state index >= 15 is 0 Å². The van der Waals surface area contributed by atoms with Crippen LogP contribution in [-0.2, 0) is 4.79 Å². The number of hydrogen-bond donors (Lipinski definition) is 2. The molecule has 2 N–H and O–H groups in total. The lowest BCUT2D eigenvalue weighted by molar-refractivity contribution is -0.431. The maximum Gasteiger partial charge on any atom is 0.334 e. The summed E-state index contributed by atoms with van der Waals surface area (Å²) in [5.74, 6) is -2.22. The minimum atomic E-state index is -1.21. The van der Waals surface area contributed by atoms with Gasteiger partial charge in [-0.3, -0.25) is 10.1 Å². The van der Waals surface area contributed by atoms with E-state index in [4.69, 9.17) is 11.6 Å². The molecule has 2 aromatic rings. The molecule has 1 aliphatic heterocycles. The van der Waals surface area contributed by atoms with E-state index in [1.165, 1.54) is 6.33 Å². The average Bonchev–Trinajstić information content (AvgIpc) is 3.13. The van der Waals surface area contributed by atoms with Gasteiger partial charge in [-0.2, -0.15) is 0 Å². The molecule has 0 radical (unpaired) electrons. The minimum Gasteiger partial charge on any atom is -0.478 e. The molecule has 0 fully saturated rings. The van der Waals surface area contributed by atoms with Gasteiger partial charge in [-0.25, -0.2) is 4.79 Å². The highest BCUT2D eigenvalue weighted by molar-refractivity contribution is 6.31. The summed E-state index contributed by atoms with van der Waals surface area (Å²) in [6.45, 7) is 3.12. The monoisotopic (exact) mass is 375 g/mol. The highest BCUT2D eigenvalue weighted by Crippen LogP contribution is 2.40. The van der Waals surface area contributed by atoms with E-state index in [1.807, 2.05) is 0 Å². The molecule has 136 valence electrons. The summed E-state index contributed by atoms with van der Waals surface area (Å²) in [5.41, 5.74) is 0.818. The van der Waals surface area contributed by atoms with E-state index in [-0.39, 0.29) is 11.3 Å². The Morgan fingerprint density at radius 1 is 1.35 bits per heavy atom. The van der Waals surface area contributed by atoms with Crippen molar-refractivity contribution in [2.45, 2.75) is 19.8 Å². The number of aliphatic carboxylic acids is 1. The topological polar surface area (TPSA) is 119 Å². The fourth-order valence-corrected chi connectivity index (χ4v) is 2.96. The van der Waals surface area contributed by atoms with Gasteiger partial charge in [0.2, 0.25) is 0 Å². The molecule has 3 rings (SSSR count). The molecule has 0 amide bonds. The zero-order valence-corrected chi connectivity index (χ0v) is 14.8. The second-order valence-electron chi connectivity index (χ2n) is 5.40. The van der Waals surface area contributed by atoms with Crippen molar-refractivity contribution in [2.24, 2.45) is 0 Å².